The number of rotatable bonds is 6. The highest BCUT2D eigenvalue weighted by Crippen LogP contribution is 2.29. The highest BCUT2D eigenvalue weighted by molar-refractivity contribution is 9.10. The fourth-order valence-electron chi connectivity index (χ4n) is 2.38. The minimum atomic E-state index is 0.301. The number of nitrogens with zero attached hydrogens (tertiary/aromatic N) is 1. The molecule has 1 rings (SSSR count). The lowest BCUT2D eigenvalue weighted by molar-refractivity contribution is 0.419. The monoisotopic (exact) mass is 340 g/mol. The summed E-state index contributed by atoms with van der Waals surface area (Å²) in [6.45, 7) is 13.3. The maximum absolute atomic E-state index is 3.72. The van der Waals surface area contributed by atoms with E-state index in [1.165, 1.54) is 15.7 Å². The van der Waals surface area contributed by atoms with E-state index in [-0.39, 0.29) is 0 Å². The van der Waals surface area contributed by atoms with Gasteiger partial charge < -0.3 is 10.2 Å². The van der Waals surface area contributed by atoms with Crippen LogP contribution in [-0.4, -0.2) is 20.1 Å². The molecule has 3 heteroatoms. The smallest absolute Gasteiger partial charge is 0.0375 e. The molecule has 2 nitrogen and oxygen atoms in total. The van der Waals surface area contributed by atoms with E-state index in [1.54, 1.807) is 0 Å². The zero-order valence-electron chi connectivity index (χ0n) is 13.8. The molecule has 0 aliphatic carbocycles. The van der Waals surface area contributed by atoms with Crippen LogP contribution in [0.4, 0.5) is 5.69 Å². The molecule has 0 aliphatic heterocycles. The summed E-state index contributed by atoms with van der Waals surface area (Å²) < 4.78 is 1.19. The Morgan fingerprint density at radius 1 is 1.30 bits per heavy atom. The van der Waals surface area contributed by atoms with Gasteiger partial charge in [0.1, 0.15) is 0 Å². The molecule has 0 heterocycles. The topological polar surface area (TPSA) is 15.3 Å². The van der Waals surface area contributed by atoms with Crippen LogP contribution in [0, 0.1) is 5.41 Å². The Morgan fingerprint density at radius 2 is 1.95 bits per heavy atom. The normalized spacial score (nSPS) is 13.3. The van der Waals surface area contributed by atoms with E-state index < -0.39 is 0 Å². The fraction of sp³-hybridized carbons (Fsp3) is 0.647. The third-order valence-corrected chi connectivity index (χ3v) is 3.99. The highest BCUT2D eigenvalue weighted by Gasteiger charge is 2.15. The van der Waals surface area contributed by atoms with Crippen molar-refractivity contribution < 1.29 is 0 Å². The van der Waals surface area contributed by atoms with Gasteiger partial charge in [-0.1, -0.05) is 49.7 Å². The van der Waals surface area contributed by atoms with Crippen LogP contribution < -0.4 is 10.2 Å². The molecule has 0 radical (unpaired) electrons. The summed E-state index contributed by atoms with van der Waals surface area (Å²) in [5.41, 5.74) is 2.89. The second kappa shape index (κ2) is 7.46. The summed E-state index contributed by atoms with van der Waals surface area (Å²) in [5, 5.41) is 3.53. The molecule has 0 amide bonds. The van der Waals surface area contributed by atoms with E-state index in [0.717, 1.165) is 19.5 Å². The maximum atomic E-state index is 3.72. The SMILES string of the molecule is CCCNC(C)c1ccc(N(C)CC(C)(C)C)cc1Br. The molecule has 0 saturated heterocycles. The van der Waals surface area contributed by atoms with E-state index in [4.69, 9.17) is 0 Å². The van der Waals surface area contributed by atoms with Crippen LogP contribution in [0.2, 0.25) is 0 Å². The molecule has 20 heavy (non-hydrogen) atoms. The van der Waals surface area contributed by atoms with Gasteiger partial charge in [0.15, 0.2) is 0 Å². The molecule has 1 unspecified atom stereocenters. The van der Waals surface area contributed by atoms with Crippen molar-refractivity contribution >= 4 is 21.6 Å². The molecule has 1 aromatic carbocycles. The second-order valence-electron chi connectivity index (χ2n) is 6.80. The molecular weight excluding hydrogens is 312 g/mol. The third-order valence-electron chi connectivity index (χ3n) is 3.30. The summed E-state index contributed by atoms with van der Waals surface area (Å²) >= 11 is 3.72. The number of nitrogens with one attached hydrogen (secondary N) is 1. The van der Waals surface area contributed by atoms with Crippen LogP contribution in [0.15, 0.2) is 22.7 Å². The lowest BCUT2D eigenvalue weighted by Gasteiger charge is -2.29. The molecule has 0 spiro atoms. The van der Waals surface area contributed by atoms with Gasteiger partial charge in [0.05, 0.1) is 0 Å². The number of hydrogen-bond donors (Lipinski definition) is 1. The Bertz CT molecular complexity index is 423. The Balaban J connectivity index is 2.82. The molecule has 0 fully saturated rings. The summed E-state index contributed by atoms with van der Waals surface area (Å²) in [7, 11) is 2.16. The zero-order valence-corrected chi connectivity index (χ0v) is 15.3. The fourth-order valence-corrected chi connectivity index (χ4v) is 3.09. The van der Waals surface area contributed by atoms with E-state index >= 15 is 0 Å². The first-order chi connectivity index (χ1) is 9.24. The summed E-state index contributed by atoms with van der Waals surface area (Å²) in [6.07, 6.45) is 1.16. The molecule has 1 N–H and O–H groups in total. The van der Waals surface area contributed by atoms with Gasteiger partial charge >= 0.3 is 0 Å². The molecule has 0 aliphatic rings. The van der Waals surface area contributed by atoms with E-state index in [1.807, 2.05) is 0 Å². The minimum Gasteiger partial charge on any atom is -0.374 e. The predicted molar refractivity (Wildman–Crippen MR) is 93.6 cm³/mol. The number of benzene rings is 1. The standard InChI is InChI=1S/C17H29BrN2/c1-7-10-19-13(2)15-9-8-14(11-16(15)18)20(6)12-17(3,4)5/h8-9,11,13,19H,7,10,12H2,1-6H3. The van der Waals surface area contributed by atoms with Crippen molar-refractivity contribution in [1.29, 1.82) is 0 Å². The largest absolute Gasteiger partial charge is 0.374 e. The molecule has 0 aromatic heterocycles. The molecular formula is C17H29BrN2. The van der Waals surface area contributed by atoms with Gasteiger partial charge in [-0.25, -0.2) is 0 Å². The van der Waals surface area contributed by atoms with Gasteiger partial charge in [0, 0.05) is 29.8 Å². The van der Waals surface area contributed by atoms with E-state index in [0.29, 0.717) is 11.5 Å². The first-order valence-electron chi connectivity index (χ1n) is 7.48. The molecule has 114 valence electrons. The lowest BCUT2D eigenvalue weighted by atomic mass is 9.96. The van der Waals surface area contributed by atoms with Crippen molar-refractivity contribution in [3.05, 3.63) is 28.2 Å². The van der Waals surface area contributed by atoms with Crippen molar-refractivity contribution in [2.24, 2.45) is 5.41 Å². The van der Waals surface area contributed by atoms with Crippen LogP contribution in [0.25, 0.3) is 0 Å². The van der Waals surface area contributed by atoms with Crippen molar-refractivity contribution in [1.82, 2.24) is 5.32 Å². The van der Waals surface area contributed by atoms with E-state index in [9.17, 15) is 0 Å². The van der Waals surface area contributed by atoms with E-state index in [2.05, 4.69) is 86.0 Å². The van der Waals surface area contributed by atoms with Crippen molar-refractivity contribution in [3.63, 3.8) is 0 Å². The average Bonchev–Trinajstić information content (AvgIpc) is 2.33. The first kappa shape index (κ1) is 17.5. The van der Waals surface area contributed by atoms with Crippen molar-refractivity contribution in [2.45, 2.75) is 47.1 Å². The summed E-state index contributed by atoms with van der Waals surface area (Å²) in [6, 6.07) is 7.05. The van der Waals surface area contributed by atoms with Crippen LogP contribution in [0.1, 0.15) is 52.6 Å². The van der Waals surface area contributed by atoms with Gasteiger partial charge in [-0.3, -0.25) is 0 Å². The van der Waals surface area contributed by atoms with Gasteiger partial charge in [0.25, 0.3) is 0 Å². The minimum absolute atomic E-state index is 0.301. The molecule has 1 aromatic rings. The van der Waals surface area contributed by atoms with Crippen molar-refractivity contribution in [3.8, 4) is 0 Å². The maximum Gasteiger partial charge on any atom is 0.0375 e. The van der Waals surface area contributed by atoms with Gasteiger partial charge in [-0.15, -0.1) is 0 Å². The lowest BCUT2D eigenvalue weighted by Crippen LogP contribution is -2.29. The van der Waals surface area contributed by atoms with Gasteiger partial charge in [-0.2, -0.15) is 0 Å². The van der Waals surface area contributed by atoms with Crippen LogP contribution in [0.5, 0.6) is 0 Å². The number of halogens is 1. The van der Waals surface area contributed by atoms with Crippen LogP contribution in [-0.2, 0) is 0 Å². The van der Waals surface area contributed by atoms with Crippen molar-refractivity contribution in [2.75, 3.05) is 25.0 Å². The van der Waals surface area contributed by atoms with Gasteiger partial charge in [0.2, 0.25) is 0 Å². The number of anilines is 1. The predicted octanol–water partition coefficient (Wildman–Crippen LogP) is 4.99. The summed E-state index contributed by atoms with van der Waals surface area (Å²) in [4.78, 5) is 2.32. The first-order valence-corrected chi connectivity index (χ1v) is 8.28. The Hall–Kier alpha value is -0.540. The quantitative estimate of drug-likeness (QED) is 0.784. The number of hydrogen-bond acceptors (Lipinski definition) is 2. The second-order valence-corrected chi connectivity index (χ2v) is 7.65. The Kier molecular flexibility index (Phi) is 6.53. The van der Waals surface area contributed by atoms with Crippen LogP contribution in [0.3, 0.4) is 0 Å². The molecule has 0 saturated carbocycles. The zero-order chi connectivity index (χ0) is 15.3. The average molecular weight is 341 g/mol. The highest BCUT2D eigenvalue weighted by atomic mass is 79.9. The molecule has 0 bridgehead atoms. The third kappa shape index (κ3) is 5.45. The Labute approximate surface area is 133 Å². The van der Waals surface area contributed by atoms with Gasteiger partial charge in [-0.05, 0) is 43.0 Å². The Morgan fingerprint density at radius 3 is 2.45 bits per heavy atom. The van der Waals surface area contributed by atoms with Crippen LogP contribution >= 0.6 is 15.9 Å². The summed E-state index contributed by atoms with van der Waals surface area (Å²) in [5.74, 6) is 0. The molecule has 1 atom stereocenters.